The minimum Gasteiger partial charge on any atom is -0.481 e. The molecule has 0 aliphatic rings. The number of nitrogens with one attached hydrogen (secondary N) is 1. The van der Waals surface area contributed by atoms with Gasteiger partial charge in [-0.25, -0.2) is 4.98 Å². The summed E-state index contributed by atoms with van der Waals surface area (Å²) in [4.78, 5) is 15.7. The molecule has 0 saturated heterocycles. The van der Waals surface area contributed by atoms with Gasteiger partial charge in [0.25, 0.3) is 0 Å². The Kier molecular flexibility index (Phi) is 5.30. The summed E-state index contributed by atoms with van der Waals surface area (Å²) in [5.74, 6) is -4.28. The van der Waals surface area contributed by atoms with Crippen molar-refractivity contribution in [2.24, 2.45) is 5.92 Å². The van der Waals surface area contributed by atoms with Crippen molar-refractivity contribution in [3.63, 3.8) is 0 Å². The van der Waals surface area contributed by atoms with Crippen molar-refractivity contribution in [3.05, 3.63) is 16.1 Å². The Labute approximate surface area is 112 Å². The van der Waals surface area contributed by atoms with Crippen LogP contribution in [0.5, 0.6) is 0 Å². The van der Waals surface area contributed by atoms with Crippen molar-refractivity contribution < 1.29 is 23.1 Å². The highest BCUT2D eigenvalue weighted by atomic mass is 32.1. The Hall–Kier alpha value is -1.15. The smallest absolute Gasteiger partial charge is 0.403 e. The maximum absolute atomic E-state index is 12.4. The van der Waals surface area contributed by atoms with Gasteiger partial charge < -0.3 is 10.4 Å². The molecule has 4 nitrogen and oxygen atoms in total. The number of aromatic nitrogens is 1. The zero-order valence-corrected chi connectivity index (χ0v) is 11.3. The minimum atomic E-state index is -4.75. The average Bonchev–Trinajstić information content (AvgIpc) is 2.75. The zero-order valence-electron chi connectivity index (χ0n) is 10.5. The molecule has 8 heteroatoms. The molecule has 19 heavy (non-hydrogen) atoms. The van der Waals surface area contributed by atoms with Crippen LogP contribution in [-0.4, -0.2) is 28.8 Å². The third-order valence-electron chi connectivity index (χ3n) is 2.61. The fourth-order valence-electron chi connectivity index (χ4n) is 1.41. The number of hydrogen-bond acceptors (Lipinski definition) is 4. The molecular weight excluding hydrogens is 281 g/mol. The highest BCUT2D eigenvalue weighted by molar-refractivity contribution is 7.11. The first-order valence-corrected chi connectivity index (χ1v) is 6.54. The number of rotatable bonds is 6. The Morgan fingerprint density at radius 3 is 2.63 bits per heavy atom. The monoisotopic (exact) mass is 296 g/mol. The van der Waals surface area contributed by atoms with Crippen LogP contribution in [0.4, 0.5) is 13.2 Å². The first kappa shape index (κ1) is 15.9. The van der Waals surface area contributed by atoms with E-state index in [9.17, 15) is 18.0 Å². The van der Waals surface area contributed by atoms with Crippen LogP contribution in [0.1, 0.15) is 29.8 Å². The number of carboxylic acids is 1. The molecule has 0 bridgehead atoms. The number of alkyl halides is 3. The standard InChI is InChI=1S/C11H15F3N2O2S/c1-3-7-4-16-9(19-7)6(2)15-5-8(10(17)18)11(12,13)14/h4,6,8,15H,3,5H2,1-2H3,(H,17,18). The van der Waals surface area contributed by atoms with Gasteiger partial charge in [0, 0.05) is 17.6 Å². The first-order chi connectivity index (χ1) is 8.75. The second kappa shape index (κ2) is 6.33. The summed E-state index contributed by atoms with van der Waals surface area (Å²) in [6.45, 7) is 2.95. The maximum atomic E-state index is 12.4. The van der Waals surface area contributed by atoms with Gasteiger partial charge in [0.2, 0.25) is 0 Å². The van der Waals surface area contributed by atoms with Gasteiger partial charge in [0.05, 0.1) is 6.04 Å². The van der Waals surface area contributed by atoms with Gasteiger partial charge in [-0.3, -0.25) is 4.79 Å². The molecule has 2 unspecified atom stereocenters. The summed E-state index contributed by atoms with van der Waals surface area (Å²) >= 11 is 1.41. The van der Waals surface area contributed by atoms with Crippen molar-refractivity contribution in [3.8, 4) is 0 Å². The van der Waals surface area contributed by atoms with Gasteiger partial charge in [0.1, 0.15) is 5.01 Å². The van der Waals surface area contributed by atoms with Crippen molar-refractivity contribution in [2.45, 2.75) is 32.5 Å². The highest BCUT2D eigenvalue weighted by Gasteiger charge is 2.44. The molecule has 1 heterocycles. The van der Waals surface area contributed by atoms with Gasteiger partial charge >= 0.3 is 12.1 Å². The van der Waals surface area contributed by atoms with E-state index in [4.69, 9.17) is 5.11 Å². The van der Waals surface area contributed by atoms with E-state index in [0.29, 0.717) is 5.01 Å². The summed E-state index contributed by atoms with van der Waals surface area (Å²) in [5, 5.41) is 11.8. The van der Waals surface area contributed by atoms with Gasteiger partial charge in [-0.05, 0) is 13.3 Å². The Balaban J connectivity index is 2.61. The molecule has 1 aromatic rings. The Morgan fingerprint density at radius 1 is 1.58 bits per heavy atom. The Bertz CT molecular complexity index is 434. The highest BCUT2D eigenvalue weighted by Crippen LogP contribution is 2.27. The van der Waals surface area contributed by atoms with Crippen LogP contribution in [0.2, 0.25) is 0 Å². The van der Waals surface area contributed by atoms with Crippen LogP contribution in [-0.2, 0) is 11.2 Å². The first-order valence-electron chi connectivity index (χ1n) is 5.73. The number of aryl methyl sites for hydroxylation is 1. The molecule has 1 aromatic heterocycles. The molecule has 0 radical (unpaired) electrons. The van der Waals surface area contributed by atoms with Gasteiger partial charge in [0.15, 0.2) is 5.92 Å². The van der Waals surface area contributed by atoms with Crippen LogP contribution in [0.3, 0.4) is 0 Å². The van der Waals surface area contributed by atoms with E-state index in [-0.39, 0.29) is 0 Å². The predicted molar refractivity (Wildman–Crippen MR) is 65.1 cm³/mol. The maximum Gasteiger partial charge on any atom is 0.403 e. The largest absolute Gasteiger partial charge is 0.481 e. The lowest BCUT2D eigenvalue weighted by molar-refractivity contribution is -0.192. The molecule has 1 rings (SSSR count). The molecule has 0 spiro atoms. The number of carbonyl (C=O) groups is 1. The number of thiazole rings is 1. The van der Waals surface area contributed by atoms with Crippen molar-refractivity contribution in [1.82, 2.24) is 10.3 Å². The van der Waals surface area contributed by atoms with Gasteiger partial charge in [-0.15, -0.1) is 11.3 Å². The second-order valence-electron chi connectivity index (χ2n) is 4.08. The van der Waals surface area contributed by atoms with Crippen LogP contribution in [0, 0.1) is 5.92 Å². The molecule has 0 amide bonds. The fourth-order valence-corrected chi connectivity index (χ4v) is 2.30. The van der Waals surface area contributed by atoms with E-state index in [0.717, 1.165) is 11.3 Å². The van der Waals surface area contributed by atoms with Crippen LogP contribution < -0.4 is 5.32 Å². The van der Waals surface area contributed by atoms with Crippen molar-refractivity contribution in [2.75, 3.05) is 6.54 Å². The van der Waals surface area contributed by atoms with Crippen LogP contribution in [0.15, 0.2) is 6.20 Å². The molecule has 2 atom stereocenters. The van der Waals surface area contributed by atoms with Gasteiger partial charge in [-0.2, -0.15) is 13.2 Å². The van der Waals surface area contributed by atoms with E-state index >= 15 is 0 Å². The average molecular weight is 296 g/mol. The molecule has 108 valence electrons. The predicted octanol–water partition coefficient (Wildman–Crippen LogP) is 2.62. The topological polar surface area (TPSA) is 62.2 Å². The molecule has 2 N–H and O–H groups in total. The summed E-state index contributed by atoms with van der Waals surface area (Å²) in [5.41, 5.74) is 0. The molecule has 0 fully saturated rings. The van der Waals surface area contributed by atoms with E-state index < -0.39 is 30.7 Å². The normalized spacial score (nSPS) is 15.2. The third kappa shape index (κ3) is 4.46. The third-order valence-corrected chi connectivity index (χ3v) is 3.94. The number of aliphatic carboxylic acids is 1. The van der Waals surface area contributed by atoms with Crippen LogP contribution in [0.25, 0.3) is 0 Å². The second-order valence-corrected chi connectivity index (χ2v) is 5.23. The van der Waals surface area contributed by atoms with E-state index in [1.54, 1.807) is 13.1 Å². The van der Waals surface area contributed by atoms with E-state index in [1.165, 1.54) is 11.3 Å². The lowest BCUT2D eigenvalue weighted by Crippen LogP contribution is -2.39. The number of nitrogens with zero attached hydrogens (tertiary/aromatic N) is 1. The number of hydrogen-bond donors (Lipinski definition) is 2. The fraction of sp³-hybridized carbons (Fsp3) is 0.636. The van der Waals surface area contributed by atoms with Crippen molar-refractivity contribution >= 4 is 17.3 Å². The zero-order chi connectivity index (χ0) is 14.6. The molecule has 0 aromatic carbocycles. The van der Waals surface area contributed by atoms with Crippen molar-refractivity contribution in [1.29, 1.82) is 0 Å². The summed E-state index contributed by atoms with van der Waals surface area (Å²) < 4.78 is 37.3. The lowest BCUT2D eigenvalue weighted by Gasteiger charge is -2.18. The number of halogens is 3. The Morgan fingerprint density at radius 2 is 2.21 bits per heavy atom. The van der Waals surface area contributed by atoms with Gasteiger partial charge in [-0.1, -0.05) is 6.92 Å². The lowest BCUT2D eigenvalue weighted by atomic mass is 10.1. The molecule has 0 aliphatic heterocycles. The quantitative estimate of drug-likeness (QED) is 0.847. The SMILES string of the molecule is CCc1cnc(C(C)NCC(C(=O)O)C(F)(F)F)s1. The number of carboxylic acid groups (broad SMARTS) is 1. The molecule has 0 aliphatic carbocycles. The van der Waals surface area contributed by atoms with E-state index in [2.05, 4.69) is 10.3 Å². The molecular formula is C11H15F3N2O2S. The summed E-state index contributed by atoms with van der Waals surface area (Å²) in [6.07, 6.45) is -2.27. The molecule has 0 saturated carbocycles. The minimum absolute atomic E-state index is 0.408. The van der Waals surface area contributed by atoms with Crippen LogP contribution >= 0.6 is 11.3 Å². The summed E-state index contributed by atoms with van der Waals surface area (Å²) in [6, 6.07) is -0.408. The summed E-state index contributed by atoms with van der Waals surface area (Å²) in [7, 11) is 0. The van der Waals surface area contributed by atoms with E-state index in [1.807, 2.05) is 6.92 Å².